The molecule has 0 aromatic heterocycles. The van der Waals surface area contributed by atoms with E-state index in [1.807, 2.05) is 43.3 Å². The van der Waals surface area contributed by atoms with Crippen molar-refractivity contribution in [2.24, 2.45) is 0 Å². The zero-order valence-corrected chi connectivity index (χ0v) is 13.4. The number of carbonyl (C=O) groups is 1. The van der Waals surface area contributed by atoms with E-state index in [0.717, 1.165) is 11.3 Å². The molecule has 0 fully saturated rings. The first-order chi connectivity index (χ1) is 10.9. The fourth-order valence-corrected chi connectivity index (χ4v) is 2.47. The zero-order chi connectivity index (χ0) is 17.0. The second kappa shape index (κ2) is 7.13. The van der Waals surface area contributed by atoms with Gasteiger partial charge in [0, 0.05) is 25.3 Å². The summed E-state index contributed by atoms with van der Waals surface area (Å²) in [6.07, 6.45) is 0.267. The number of hydrogen-bond donors (Lipinski definition) is 1. The van der Waals surface area contributed by atoms with Crippen LogP contribution in [0.4, 0.5) is 10.1 Å². The molecule has 0 aliphatic carbocycles. The number of carboxylic acid groups (broad SMARTS) is 1. The maximum absolute atomic E-state index is 13.5. The predicted molar refractivity (Wildman–Crippen MR) is 87.8 cm³/mol. The Balaban J connectivity index is 2.32. The number of anilines is 1. The Morgan fingerprint density at radius 3 is 2.39 bits per heavy atom. The molecule has 2 rings (SSSR count). The van der Waals surface area contributed by atoms with Crippen molar-refractivity contribution < 1.29 is 19.0 Å². The SMILES string of the molecule is COc1ccc(F)cc1C(Cc1ccc(N(C)C)cc1)C(=O)O. The van der Waals surface area contributed by atoms with Crippen molar-refractivity contribution >= 4 is 11.7 Å². The van der Waals surface area contributed by atoms with Crippen LogP contribution in [0.5, 0.6) is 5.75 Å². The van der Waals surface area contributed by atoms with Crippen LogP contribution < -0.4 is 9.64 Å². The van der Waals surface area contributed by atoms with E-state index >= 15 is 0 Å². The van der Waals surface area contributed by atoms with Crippen molar-refractivity contribution in [3.05, 3.63) is 59.4 Å². The maximum atomic E-state index is 13.5. The number of rotatable bonds is 6. The Kier molecular flexibility index (Phi) is 5.21. The molecule has 1 atom stereocenters. The number of aliphatic carboxylic acids is 1. The Morgan fingerprint density at radius 1 is 1.22 bits per heavy atom. The normalized spacial score (nSPS) is 11.8. The molecule has 0 spiro atoms. The van der Waals surface area contributed by atoms with Gasteiger partial charge in [0.15, 0.2) is 0 Å². The Labute approximate surface area is 135 Å². The van der Waals surface area contributed by atoms with E-state index in [1.54, 1.807) is 0 Å². The van der Waals surface area contributed by atoms with Crippen molar-refractivity contribution in [3.63, 3.8) is 0 Å². The van der Waals surface area contributed by atoms with Crippen LogP contribution in [-0.4, -0.2) is 32.3 Å². The molecule has 23 heavy (non-hydrogen) atoms. The molecule has 1 unspecified atom stereocenters. The van der Waals surface area contributed by atoms with Crippen molar-refractivity contribution in [1.82, 2.24) is 0 Å². The Morgan fingerprint density at radius 2 is 1.87 bits per heavy atom. The predicted octanol–water partition coefficient (Wildman–Crippen LogP) is 3.31. The van der Waals surface area contributed by atoms with Crippen molar-refractivity contribution in [1.29, 1.82) is 0 Å². The van der Waals surface area contributed by atoms with Gasteiger partial charge in [-0.15, -0.1) is 0 Å². The van der Waals surface area contributed by atoms with Crippen molar-refractivity contribution in [2.75, 3.05) is 26.1 Å². The van der Waals surface area contributed by atoms with Gasteiger partial charge in [-0.2, -0.15) is 0 Å². The average molecular weight is 317 g/mol. The molecule has 5 heteroatoms. The molecule has 0 heterocycles. The van der Waals surface area contributed by atoms with Crippen LogP contribution in [0, 0.1) is 5.82 Å². The fraction of sp³-hybridized carbons (Fsp3) is 0.278. The number of nitrogens with zero attached hydrogens (tertiary/aromatic N) is 1. The standard InChI is InChI=1S/C18H20FNO3/c1-20(2)14-7-4-12(5-8-14)10-16(18(21)22)15-11-13(19)6-9-17(15)23-3/h4-9,11,16H,10H2,1-3H3,(H,21,22). The Bertz CT molecular complexity index is 683. The molecule has 0 saturated carbocycles. The molecule has 1 N–H and O–H groups in total. The highest BCUT2D eigenvalue weighted by molar-refractivity contribution is 5.77. The summed E-state index contributed by atoms with van der Waals surface area (Å²) >= 11 is 0. The number of halogens is 1. The van der Waals surface area contributed by atoms with Crippen LogP contribution in [0.15, 0.2) is 42.5 Å². The van der Waals surface area contributed by atoms with Gasteiger partial charge in [-0.1, -0.05) is 12.1 Å². The molecule has 2 aromatic carbocycles. The van der Waals surface area contributed by atoms with Gasteiger partial charge in [0.25, 0.3) is 0 Å². The quantitative estimate of drug-likeness (QED) is 0.888. The molecule has 2 aromatic rings. The van der Waals surface area contributed by atoms with Gasteiger partial charge in [-0.25, -0.2) is 4.39 Å². The lowest BCUT2D eigenvalue weighted by Gasteiger charge is -2.17. The zero-order valence-electron chi connectivity index (χ0n) is 13.4. The van der Waals surface area contributed by atoms with E-state index in [9.17, 15) is 14.3 Å². The third-order valence-electron chi connectivity index (χ3n) is 3.76. The highest BCUT2D eigenvalue weighted by atomic mass is 19.1. The molecule has 0 radical (unpaired) electrons. The molecular weight excluding hydrogens is 297 g/mol. The van der Waals surface area contributed by atoms with Gasteiger partial charge in [0.05, 0.1) is 13.0 Å². The van der Waals surface area contributed by atoms with Crippen LogP contribution in [0.3, 0.4) is 0 Å². The van der Waals surface area contributed by atoms with Gasteiger partial charge in [-0.05, 0) is 42.3 Å². The van der Waals surface area contributed by atoms with E-state index in [4.69, 9.17) is 4.74 Å². The number of benzene rings is 2. The summed E-state index contributed by atoms with van der Waals surface area (Å²) < 4.78 is 18.7. The second-order valence-corrected chi connectivity index (χ2v) is 5.54. The van der Waals surface area contributed by atoms with Crippen LogP contribution >= 0.6 is 0 Å². The molecule has 0 amide bonds. The lowest BCUT2D eigenvalue weighted by atomic mass is 9.91. The first-order valence-corrected chi connectivity index (χ1v) is 7.25. The van der Waals surface area contributed by atoms with Crippen LogP contribution in [0.2, 0.25) is 0 Å². The molecule has 0 bridgehead atoms. The maximum Gasteiger partial charge on any atom is 0.311 e. The first-order valence-electron chi connectivity index (χ1n) is 7.25. The topological polar surface area (TPSA) is 49.8 Å². The molecule has 4 nitrogen and oxygen atoms in total. The summed E-state index contributed by atoms with van der Waals surface area (Å²) in [5.74, 6) is -1.98. The summed E-state index contributed by atoms with van der Waals surface area (Å²) in [6.45, 7) is 0. The first kappa shape index (κ1) is 16.8. The van der Waals surface area contributed by atoms with E-state index in [2.05, 4.69) is 0 Å². The summed E-state index contributed by atoms with van der Waals surface area (Å²) in [7, 11) is 5.32. The third kappa shape index (κ3) is 4.00. The lowest BCUT2D eigenvalue weighted by Crippen LogP contribution is -2.16. The summed E-state index contributed by atoms with van der Waals surface area (Å²) in [5.41, 5.74) is 2.25. The minimum atomic E-state index is -1.01. The lowest BCUT2D eigenvalue weighted by molar-refractivity contribution is -0.138. The summed E-state index contributed by atoms with van der Waals surface area (Å²) in [5, 5.41) is 9.56. The minimum Gasteiger partial charge on any atom is -0.496 e. The number of carboxylic acids is 1. The van der Waals surface area contributed by atoms with Crippen molar-refractivity contribution in [2.45, 2.75) is 12.3 Å². The monoisotopic (exact) mass is 317 g/mol. The van der Waals surface area contributed by atoms with Gasteiger partial charge in [-0.3, -0.25) is 4.79 Å². The highest BCUT2D eigenvalue weighted by Gasteiger charge is 2.24. The molecule has 0 aliphatic heterocycles. The number of methoxy groups -OCH3 is 1. The van der Waals surface area contributed by atoms with Crippen LogP contribution in [-0.2, 0) is 11.2 Å². The molecule has 0 aliphatic rings. The van der Waals surface area contributed by atoms with Crippen molar-refractivity contribution in [3.8, 4) is 5.75 Å². The third-order valence-corrected chi connectivity index (χ3v) is 3.76. The second-order valence-electron chi connectivity index (χ2n) is 5.54. The number of hydrogen-bond acceptors (Lipinski definition) is 3. The van der Waals surface area contributed by atoms with E-state index < -0.39 is 17.7 Å². The Hall–Kier alpha value is -2.56. The number of ether oxygens (including phenoxy) is 1. The molecule has 0 saturated heterocycles. The average Bonchev–Trinajstić information content (AvgIpc) is 2.52. The molecule has 122 valence electrons. The molecular formula is C18H20FNO3. The summed E-state index contributed by atoms with van der Waals surface area (Å²) in [6, 6.07) is 11.6. The van der Waals surface area contributed by atoms with Gasteiger partial charge < -0.3 is 14.7 Å². The minimum absolute atomic E-state index is 0.267. The highest BCUT2D eigenvalue weighted by Crippen LogP contribution is 2.31. The largest absolute Gasteiger partial charge is 0.496 e. The smallest absolute Gasteiger partial charge is 0.311 e. The van der Waals surface area contributed by atoms with E-state index in [1.165, 1.54) is 25.3 Å². The van der Waals surface area contributed by atoms with Gasteiger partial charge >= 0.3 is 5.97 Å². The summed E-state index contributed by atoms with van der Waals surface area (Å²) in [4.78, 5) is 13.6. The van der Waals surface area contributed by atoms with Gasteiger partial charge in [0.1, 0.15) is 11.6 Å². The van der Waals surface area contributed by atoms with Gasteiger partial charge in [0.2, 0.25) is 0 Å². The fourth-order valence-electron chi connectivity index (χ4n) is 2.47. The van der Waals surface area contributed by atoms with E-state index in [-0.39, 0.29) is 6.42 Å². The van der Waals surface area contributed by atoms with Crippen LogP contribution in [0.1, 0.15) is 17.0 Å². The van der Waals surface area contributed by atoms with E-state index in [0.29, 0.717) is 11.3 Å². The van der Waals surface area contributed by atoms with Crippen LogP contribution in [0.25, 0.3) is 0 Å².